The molecule has 5 rings (SSSR count). The third kappa shape index (κ3) is 11.2. The number of ether oxygens (including phenoxy) is 1. The molecule has 1 aliphatic carbocycles. The first-order valence-corrected chi connectivity index (χ1v) is 19.5. The van der Waals surface area contributed by atoms with Crippen molar-refractivity contribution < 1.29 is 9.13 Å². The summed E-state index contributed by atoms with van der Waals surface area (Å²) in [4.78, 5) is 8.66. The molecule has 0 amide bonds. The lowest BCUT2D eigenvalue weighted by molar-refractivity contribution is 0.183. The smallest absolute Gasteiger partial charge is 0.145 e. The van der Waals surface area contributed by atoms with Gasteiger partial charge in [0.1, 0.15) is 11.6 Å². The van der Waals surface area contributed by atoms with Crippen LogP contribution in [-0.2, 0) is 0 Å². The molecule has 1 saturated carbocycles. The largest absolute Gasteiger partial charge is 0.494 e. The molecule has 0 spiro atoms. The van der Waals surface area contributed by atoms with Crippen molar-refractivity contribution in [3.8, 4) is 5.75 Å². The Kier molecular flexibility index (Phi) is 14.3. The van der Waals surface area contributed by atoms with Gasteiger partial charge in [-0.3, -0.25) is 0 Å². The van der Waals surface area contributed by atoms with Crippen LogP contribution >= 0.6 is 24.1 Å². The molecular weight excluding hydrogens is 628 g/mol. The summed E-state index contributed by atoms with van der Waals surface area (Å²) in [6, 6.07) is 14.2. The van der Waals surface area contributed by atoms with Gasteiger partial charge in [0.25, 0.3) is 0 Å². The Balaban J connectivity index is 1.24. The summed E-state index contributed by atoms with van der Waals surface area (Å²) >= 11 is 3.89. The van der Waals surface area contributed by atoms with Gasteiger partial charge in [-0.25, -0.2) is 17.3 Å². The molecule has 2 aromatic carbocycles. The fourth-order valence-electron chi connectivity index (χ4n) is 7.43. The summed E-state index contributed by atoms with van der Waals surface area (Å²) < 4.78 is 27.3. The molecule has 0 N–H and O–H groups in total. The summed E-state index contributed by atoms with van der Waals surface area (Å²) in [5, 5.41) is 0. The molecule has 3 fully saturated rings. The monoisotopic (exact) mass is 686 g/mol. The predicted molar refractivity (Wildman–Crippen MR) is 200 cm³/mol. The number of rotatable bonds is 9. The maximum Gasteiger partial charge on any atom is 0.145 e. The van der Waals surface area contributed by atoms with Crippen LogP contribution in [0.5, 0.6) is 5.75 Å². The van der Waals surface area contributed by atoms with Crippen LogP contribution in [0.3, 0.4) is 0 Å². The highest BCUT2D eigenvalue weighted by molar-refractivity contribution is 7.97. The van der Waals surface area contributed by atoms with Crippen LogP contribution < -0.4 is 14.5 Å². The van der Waals surface area contributed by atoms with Crippen LogP contribution in [0.15, 0.2) is 47.4 Å². The number of halogens is 1. The van der Waals surface area contributed by atoms with Crippen LogP contribution in [0.1, 0.15) is 58.8 Å². The molecule has 7 nitrogen and oxygen atoms in total. The van der Waals surface area contributed by atoms with Crippen LogP contribution in [-0.4, -0.2) is 111 Å². The molecule has 3 aliphatic rings. The Hall–Kier alpha value is -1.69. The minimum atomic E-state index is -0.256. The van der Waals surface area contributed by atoms with Crippen molar-refractivity contribution in [2.24, 2.45) is 11.8 Å². The van der Waals surface area contributed by atoms with Crippen molar-refractivity contribution in [1.29, 1.82) is 0 Å². The van der Waals surface area contributed by atoms with Gasteiger partial charge in [-0.05, 0) is 106 Å². The van der Waals surface area contributed by atoms with Crippen molar-refractivity contribution in [3.05, 3.63) is 48.3 Å². The Labute approximate surface area is 293 Å². The van der Waals surface area contributed by atoms with Crippen molar-refractivity contribution >= 4 is 35.5 Å². The lowest BCUT2D eigenvalue weighted by atomic mass is 9.89. The summed E-state index contributed by atoms with van der Waals surface area (Å²) in [7, 11) is 5.84. The van der Waals surface area contributed by atoms with E-state index < -0.39 is 0 Å². The Bertz CT molecular complexity index is 1220. The number of methoxy groups -OCH3 is 1. The molecule has 10 heteroatoms. The minimum absolute atomic E-state index is 0.256. The zero-order valence-corrected chi connectivity index (χ0v) is 31.2. The lowest BCUT2D eigenvalue weighted by Gasteiger charge is -2.42. The van der Waals surface area contributed by atoms with E-state index in [2.05, 4.69) is 79.8 Å². The van der Waals surface area contributed by atoms with E-state index in [1.165, 1.54) is 81.2 Å². The van der Waals surface area contributed by atoms with Crippen LogP contribution in [0, 0.1) is 17.7 Å². The van der Waals surface area contributed by atoms with E-state index >= 15 is 0 Å². The second kappa shape index (κ2) is 18.3. The van der Waals surface area contributed by atoms with Crippen molar-refractivity contribution in [2.45, 2.75) is 69.7 Å². The molecular formula is C37H59FN6OS2. The molecule has 2 heterocycles. The topological polar surface area (TPSA) is 28.7 Å². The maximum absolute atomic E-state index is 13.9. The molecule has 2 aliphatic heterocycles. The Morgan fingerprint density at radius 3 is 2.15 bits per heavy atom. The Morgan fingerprint density at radius 2 is 1.47 bits per heavy atom. The number of hydrogen-bond acceptors (Lipinski definition) is 9. The van der Waals surface area contributed by atoms with E-state index in [1.807, 2.05) is 30.1 Å². The van der Waals surface area contributed by atoms with Crippen molar-refractivity contribution in [3.63, 3.8) is 0 Å². The van der Waals surface area contributed by atoms with E-state index in [1.54, 1.807) is 13.2 Å². The van der Waals surface area contributed by atoms with Crippen LogP contribution in [0.2, 0.25) is 0 Å². The van der Waals surface area contributed by atoms with Gasteiger partial charge in [-0.15, -0.1) is 0 Å². The second-order valence-corrected chi connectivity index (χ2v) is 16.6. The first kappa shape index (κ1) is 36.6. The van der Waals surface area contributed by atoms with Gasteiger partial charge in [0.15, 0.2) is 0 Å². The van der Waals surface area contributed by atoms with Gasteiger partial charge in [0.2, 0.25) is 0 Å². The zero-order valence-electron chi connectivity index (χ0n) is 29.6. The van der Waals surface area contributed by atoms with Gasteiger partial charge < -0.3 is 19.4 Å². The highest BCUT2D eigenvalue weighted by atomic mass is 32.2. The first-order valence-electron chi connectivity index (χ1n) is 18.0. The van der Waals surface area contributed by atoms with Gasteiger partial charge >= 0.3 is 0 Å². The third-order valence-electron chi connectivity index (χ3n) is 9.90. The Morgan fingerprint density at radius 1 is 0.787 bits per heavy atom. The number of hydrogen-bond donors (Lipinski definition) is 0. The molecule has 2 saturated heterocycles. The van der Waals surface area contributed by atoms with Gasteiger partial charge in [-0.2, -0.15) is 0 Å². The van der Waals surface area contributed by atoms with E-state index in [-0.39, 0.29) is 5.82 Å². The quantitative estimate of drug-likeness (QED) is 0.248. The fraction of sp³-hybridized carbons (Fsp3) is 0.676. The first-order chi connectivity index (χ1) is 22.8. The number of nitrogens with zero attached hydrogens (tertiary/aromatic N) is 6. The normalized spacial score (nSPS) is 24.1. The number of benzene rings is 2. The summed E-state index contributed by atoms with van der Waals surface area (Å²) in [5.74, 6) is 1.79. The molecule has 47 heavy (non-hydrogen) atoms. The van der Waals surface area contributed by atoms with Gasteiger partial charge in [0, 0.05) is 101 Å². The summed E-state index contributed by atoms with van der Waals surface area (Å²) in [6.07, 6.45) is 9.51. The standard InChI is InChI=1S/C37H59FN6OS2/c1-30-26-41(46-35-16-14-34(15-17-35)39(3)4)21-9-19-40(29-32-11-7-6-8-12-32)20-10-22-42(27-30)47-43-23-24-44(31(2)28-43)36-18-13-33(38)25-37(36)45-5/h13-18,25,30-32H,6-12,19-24,26-29H2,1-5H3. The predicted octanol–water partition coefficient (Wildman–Crippen LogP) is 7.60. The summed E-state index contributed by atoms with van der Waals surface area (Å²) in [5.41, 5.74) is 2.23. The average molecular weight is 687 g/mol. The highest BCUT2D eigenvalue weighted by Gasteiger charge is 2.29. The lowest BCUT2D eigenvalue weighted by Crippen LogP contribution is -2.51. The highest BCUT2D eigenvalue weighted by Crippen LogP contribution is 2.34. The van der Waals surface area contributed by atoms with Gasteiger partial charge in [0.05, 0.1) is 12.8 Å². The zero-order chi connectivity index (χ0) is 33.2. The van der Waals surface area contributed by atoms with E-state index in [0.717, 1.165) is 57.4 Å². The second-order valence-electron chi connectivity index (χ2n) is 14.2. The summed E-state index contributed by atoms with van der Waals surface area (Å²) in [6.45, 7) is 15.5. The maximum atomic E-state index is 13.9. The van der Waals surface area contributed by atoms with Gasteiger partial charge in [-0.1, -0.05) is 26.2 Å². The van der Waals surface area contributed by atoms with E-state index in [9.17, 15) is 4.39 Å². The van der Waals surface area contributed by atoms with Crippen molar-refractivity contribution in [1.82, 2.24) is 17.8 Å². The van der Waals surface area contributed by atoms with Crippen molar-refractivity contribution in [2.75, 3.05) is 96.5 Å². The third-order valence-corrected chi connectivity index (χ3v) is 12.1. The molecule has 0 radical (unpaired) electrons. The van der Waals surface area contributed by atoms with Crippen LogP contribution in [0.25, 0.3) is 0 Å². The molecule has 2 unspecified atom stereocenters. The molecule has 0 aromatic heterocycles. The molecule has 2 atom stereocenters. The molecule has 2 aromatic rings. The van der Waals surface area contributed by atoms with Crippen LogP contribution in [0.4, 0.5) is 15.8 Å². The molecule has 0 bridgehead atoms. The SMILES string of the molecule is COc1cc(F)ccc1N1CCN(SN2CCCN(CC3CCCCC3)CCCN(Sc3ccc(N(C)C)cc3)CC(C)C2)CC1C. The average Bonchev–Trinajstić information content (AvgIpc) is 3.05. The van der Waals surface area contributed by atoms with E-state index in [4.69, 9.17) is 4.74 Å². The number of piperazine rings is 1. The fourth-order valence-corrected chi connectivity index (χ4v) is 9.84. The number of anilines is 2. The van der Waals surface area contributed by atoms with E-state index in [0.29, 0.717) is 17.7 Å². The minimum Gasteiger partial charge on any atom is -0.494 e. The molecule has 262 valence electrons.